The van der Waals surface area contributed by atoms with Crippen LogP contribution < -0.4 is 0 Å². The summed E-state index contributed by atoms with van der Waals surface area (Å²) in [7, 11) is 0. The van der Waals surface area contributed by atoms with E-state index in [0.717, 1.165) is 39.5 Å². The van der Waals surface area contributed by atoms with Gasteiger partial charge in [0.25, 0.3) is 0 Å². The van der Waals surface area contributed by atoms with E-state index < -0.39 is 0 Å². The zero-order valence-corrected chi connectivity index (χ0v) is 35.9. The van der Waals surface area contributed by atoms with Crippen LogP contribution in [0, 0.1) is 0 Å². The van der Waals surface area contributed by atoms with Crippen molar-refractivity contribution < 1.29 is 0 Å². The van der Waals surface area contributed by atoms with Gasteiger partial charge in [-0.05, 0) is 111 Å². The molecule has 0 saturated heterocycles. The molecule has 0 radical (unpaired) electrons. The SMILES string of the molecule is c1ccc(-c2nc(-c3ccc(-c4ccc(-c5cc6ccc7cccc8c9cccc%10ccc%11cccc(c(c5)c6c78)c%11c%109)cc4)cc3)cc(-c3cccc4c3sc3ccccc34)n2)cc1. The molecule has 65 heavy (non-hydrogen) atoms. The maximum Gasteiger partial charge on any atom is 0.160 e. The molecule has 0 atom stereocenters. The molecule has 0 aliphatic rings. The standard InChI is InChI=1S/C62H36N2S/c1-2-10-44(11-3-1)62-63-54(36-55(64-62)52-20-9-19-51-47-15-4-5-21-56(47)65-61(51)52)40-28-26-38(27-29-40)37-22-24-39(25-23-37)46-34-45-33-32-43-13-7-17-49-48-16-6-12-41-30-31-42-14-8-18-50(59(42)57(41)48)53(35-46)60(45)58(43)49/h1-36H. The van der Waals surface area contributed by atoms with Gasteiger partial charge in [0.2, 0.25) is 0 Å². The van der Waals surface area contributed by atoms with E-state index in [1.165, 1.54) is 101 Å². The molecule has 300 valence electrons. The van der Waals surface area contributed by atoms with Crippen LogP contribution in [0.5, 0.6) is 0 Å². The number of benzene rings is 11. The average molecular weight is 841 g/mol. The van der Waals surface area contributed by atoms with Crippen LogP contribution in [0.1, 0.15) is 0 Å². The first-order valence-corrected chi connectivity index (χ1v) is 23.0. The van der Waals surface area contributed by atoms with E-state index in [4.69, 9.17) is 9.97 Å². The number of fused-ring (bicyclic) bond motifs is 5. The monoisotopic (exact) mass is 840 g/mol. The van der Waals surface area contributed by atoms with E-state index in [1.54, 1.807) is 0 Å². The third kappa shape index (κ3) is 5.66. The minimum atomic E-state index is 0.720. The van der Waals surface area contributed by atoms with Crippen LogP contribution in [0.3, 0.4) is 0 Å². The largest absolute Gasteiger partial charge is 0.228 e. The van der Waals surface area contributed by atoms with Gasteiger partial charge in [-0.3, -0.25) is 0 Å². The Labute approximate surface area is 378 Å². The van der Waals surface area contributed by atoms with Crippen LogP contribution in [-0.2, 0) is 0 Å². The van der Waals surface area contributed by atoms with Crippen LogP contribution in [-0.4, -0.2) is 9.97 Å². The summed E-state index contributed by atoms with van der Waals surface area (Å²) < 4.78 is 2.52. The van der Waals surface area contributed by atoms with Crippen LogP contribution in [0.15, 0.2) is 218 Å². The molecule has 0 bridgehead atoms. The second-order valence-corrected chi connectivity index (χ2v) is 18.3. The van der Waals surface area contributed by atoms with E-state index in [9.17, 15) is 0 Å². The van der Waals surface area contributed by atoms with Gasteiger partial charge in [-0.25, -0.2) is 9.97 Å². The van der Waals surface area contributed by atoms with Crippen LogP contribution in [0.4, 0.5) is 0 Å². The minimum absolute atomic E-state index is 0.720. The fourth-order valence-corrected chi connectivity index (χ4v) is 11.8. The van der Waals surface area contributed by atoms with Crippen molar-refractivity contribution in [3.63, 3.8) is 0 Å². The highest BCUT2D eigenvalue weighted by atomic mass is 32.1. The lowest BCUT2D eigenvalue weighted by atomic mass is 9.86. The molecule has 0 amide bonds. The summed E-state index contributed by atoms with van der Waals surface area (Å²) in [6.07, 6.45) is 0. The summed E-state index contributed by atoms with van der Waals surface area (Å²) in [4.78, 5) is 10.4. The number of aromatic nitrogens is 2. The second kappa shape index (κ2) is 14.1. The summed E-state index contributed by atoms with van der Waals surface area (Å²) in [5.74, 6) is 0.720. The Morgan fingerprint density at radius 1 is 0.277 bits per heavy atom. The summed E-state index contributed by atoms with van der Waals surface area (Å²) in [5, 5.41) is 18.1. The van der Waals surface area contributed by atoms with Crippen molar-refractivity contribution in [2.45, 2.75) is 0 Å². The fourth-order valence-electron chi connectivity index (χ4n) is 10.5. The van der Waals surface area contributed by atoms with Gasteiger partial charge in [0.1, 0.15) is 0 Å². The van der Waals surface area contributed by atoms with Crippen molar-refractivity contribution in [1.29, 1.82) is 0 Å². The topological polar surface area (TPSA) is 25.8 Å². The predicted octanol–water partition coefficient (Wildman–Crippen LogP) is 17.5. The first kappa shape index (κ1) is 36.3. The maximum atomic E-state index is 5.19. The Hall–Kier alpha value is -8.24. The molecule has 2 aromatic heterocycles. The van der Waals surface area contributed by atoms with Crippen molar-refractivity contribution >= 4 is 96.1 Å². The van der Waals surface area contributed by atoms with Crippen LogP contribution in [0.25, 0.3) is 141 Å². The molecule has 0 unspecified atom stereocenters. The van der Waals surface area contributed by atoms with E-state index in [-0.39, 0.29) is 0 Å². The van der Waals surface area contributed by atoms with E-state index in [2.05, 4.69) is 200 Å². The first-order chi connectivity index (χ1) is 32.2. The van der Waals surface area contributed by atoms with Gasteiger partial charge >= 0.3 is 0 Å². The molecule has 14 rings (SSSR count). The Morgan fingerprint density at radius 3 is 1.43 bits per heavy atom. The normalized spacial score (nSPS) is 12.0. The zero-order chi connectivity index (χ0) is 42.6. The van der Waals surface area contributed by atoms with Gasteiger partial charge in [0, 0.05) is 36.9 Å². The van der Waals surface area contributed by atoms with E-state index in [0.29, 0.717) is 0 Å². The van der Waals surface area contributed by atoms with Crippen molar-refractivity contribution in [3.05, 3.63) is 218 Å². The van der Waals surface area contributed by atoms with Gasteiger partial charge in [0.05, 0.1) is 11.4 Å². The summed E-state index contributed by atoms with van der Waals surface area (Å²) in [6.45, 7) is 0. The lowest BCUT2D eigenvalue weighted by molar-refractivity contribution is 1.19. The molecule has 0 N–H and O–H groups in total. The third-order valence-corrected chi connectivity index (χ3v) is 14.8. The van der Waals surface area contributed by atoms with Crippen molar-refractivity contribution in [1.82, 2.24) is 9.97 Å². The molecule has 0 spiro atoms. The minimum Gasteiger partial charge on any atom is -0.228 e. The summed E-state index contributed by atoms with van der Waals surface area (Å²) in [5.41, 5.74) is 9.73. The first-order valence-electron chi connectivity index (χ1n) is 22.2. The quantitative estimate of drug-likeness (QED) is 0.161. The smallest absolute Gasteiger partial charge is 0.160 e. The van der Waals surface area contributed by atoms with E-state index in [1.807, 2.05) is 29.5 Å². The second-order valence-electron chi connectivity index (χ2n) is 17.2. The lowest BCUT2D eigenvalue weighted by Gasteiger charge is -2.17. The molecular weight excluding hydrogens is 805 g/mol. The molecule has 0 fully saturated rings. The number of nitrogens with zero attached hydrogens (tertiary/aromatic N) is 2. The highest BCUT2D eigenvalue weighted by Crippen LogP contribution is 2.45. The van der Waals surface area contributed by atoms with Crippen molar-refractivity contribution in [2.24, 2.45) is 0 Å². The number of rotatable bonds is 5. The lowest BCUT2D eigenvalue weighted by Crippen LogP contribution is -1.96. The predicted molar refractivity (Wildman–Crippen MR) is 278 cm³/mol. The number of hydrogen-bond acceptors (Lipinski definition) is 3. The maximum absolute atomic E-state index is 5.19. The average Bonchev–Trinajstić information content (AvgIpc) is 3.76. The highest BCUT2D eigenvalue weighted by Gasteiger charge is 2.18. The summed E-state index contributed by atoms with van der Waals surface area (Å²) in [6, 6.07) is 79.9. The van der Waals surface area contributed by atoms with Gasteiger partial charge in [-0.1, -0.05) is 194 Å². The Balaban J connectivity index is 0.869. The van der Waals surface area contributed by atoms with Gasteiger partial charge in [-0.15, -0.1) is 11.3 Å². The molecule has 2 heterocycles. The third-order valence-electron chi connectivity index (χ3n) is 13.6. The molecule has 0 aliphatic heterocycles. The van der Waals surface area contributed by atoms with Crippen LogP contribution in [0.2, 0.25) is 0 Å². The summed E-state index contributed by atoms with van der Waals surface area (Å²) >= 11 is 1.83. The number of thiophene rings is 1. The fraction of sp³-hybridized carbons (Fsp3) is 0. The molecule has 2 nitrogen and oxygen atoms in total. The highest BCUT2D eigenvalue weighted by molar-refractivity contribution is 7.26. The van der Waals surface area contributed by atoms with Gasteiger partial charge in [-0.2, -0.15) is 0 Å². The van der Waals surface area contributed by atoms with Gasteiger partial charge in [0.15, 0.2) is 5.82 Å². The van der Waals surface area contributed by atoms with Crippen molar-refractivity contribution in [2.75, 3.05) is 0 Å². The molecule has 0 aliphatic carbocycles. The Kier molecular flexibility index (Phi) is 7.89. The Bertz CT molecular complexity index is 4200. The number of hydrogen-bond donors (Lipinski definition) is 0. The Morgan fingerprint density at radius 2 is 0.769 bits per heavy atom. The molecule has 14 aromatic rings. The van der Waals surface area contributed by atoms with Gasteiger partial charge < -0.3 is 0 Å². The molecular formula is C62H36N2S. The van der Waals surface area contributed by atoms with Crippen LogP contribution >= 0.6 is 11.3 Å². The molecule has 3 heteroatoms. The van der Waals surface area contributed by atoms with E-state index >= 15 is 0 Å². The zero-order valence-electron chi connectivity index (χ0n) is 35.1. The molecule has 12 aromatic carbocycles. The van der Waals surface area contributed by atoms with Crippen molar-refractivity contribution in [3.8, 4) is 56.2 Å². The molecule has 0 saturated carbocycles.